The SMILES string of the molecule is CCOC(=O)c1sc2nc(Cl)cnc2c1N. The number of hydrogen-bond donors (Lipinski definition) is 1. The van der Waals surface area contributed by atoms with Crippen molar-refractivity contribution in [3.63, 3.8) is 0 Å². The minimum absolute atomic E-state index is 0.268. The van der Waals surface area contributed by atoms with E-state index in [2.05, 4.69) is 9.97 Å². The third-order valence-electron chi connectivity index (χ3n) is 1.87. The van der Waals surface area contributed by atoms with Crippen molar-refractivity contribution in [3.8, 4) is 0 Å². The maximum absolute atomic E-state index is 11.5. The maximum Gasteiger partial charge on any atom is 0.350 e. The monoisotopic (exact) mass is 257 g/mol. The van der Waals surface area contributed by atoms with Crippen molar-refractivity contribution in [3.05, 3.63) is 16.2 Å². The molecule has 0 spiro atoms. The van der Waals surface area contributed by atoms with Gasteiger partial charge in [-0.1, -0.05) is 11.6 Å². The number of fused-ring (bicyclic) bond motifs is 1. The number of anilines is 1. The number of carbonyl (C=O) groups excluding carboxylic acids is 1. The zero-order valence-electron chi connectivity index (χ0n) is 8.36. The van der Waals surface area contributed by atoms with Crippen LogP contribution in [0.2, 0.25) is 5.15 Å². The second kappa shape index (κ2) is 4.23. The number of esters is 1. The Morgan fingerprint density at radius 1 is 1.69 bits per heavy atom. The number of carbonyl (C=O) groups is 1. The van der Waals surface area contributed by atoms with Gasteiger partial charge in [0.2, 0.25) is 0 Å². The highest BCUT2D eigenvalue weighted by Crippen LogP contribution is 2.31. The maximum atomic E-state index is 11.5. The van der Waals surface area contributed by atoms with E-state index in [1.807, 2.05) is 0 Å². The first-order valence-corrected chi connectivity index (χ1v) is 5.70. The highest BCUT2D eigenvalue weighted by atomic mass is 35.5. The van der Waals surface area contributed by atoms with Crippen LogP contribution in [0.15, 0.2) is 6.20 Å². The second-order valence-corrected chi connectivity index (χ2v) is 4.30. The quantitative estimate of drug-likeness (QED) is 0.834. The van der Waals surface area contributed by atoms with Gasteiger partial charge in [0.1, 0.15) is 20.4 Å². The molecule has 2 aromatic rings. The molecule has 0 aliphatic carbocycles. The van der Waals surface area contributed by atoms with Gasteiger partial charge in [0.15, 0.2) is 0 Å². The van der Waals surface area contributed by atoms with Crippen LogP contribution in [-0.2, 0) is 4.74 Å². The number of halogens is 1. The molecule has 0 aromatic carbocycles. The molecule has 0 aliphatic rings. The molecule has 2 heterocycles. The van der Waals surface area contributed by atoms with E-state index in [4.69, 9.17) is 22.1 Å². The van der Waals surface area contributed by atoms with E-state index in [0.717, 1.165) is 11.3 Å². The lowest BCUT2D eigenvalue weighted by molar-refractivity contribution is 0.0533. The smallest absolute Gasteiger partial charge is 0.350 e. The van der Waals surface area contributed by atoms with Gasteiger partial charge in [-0.05, 0) is 6.92 Å². The molecular formula is C9H8ClN3O2S. The topological polar surface area (TPSA) is 78.1 Å². The zero-order valence-corrected chi connectivity index (χ0v) is 9.93. The number of nitrogens with zero attached hydrogens (tertiary/aromatic N) is 2. The number of rotatable bonds is 2. The Labute approximate surface area is 100 Å². The summed E-state index contributed by atoms with van der Waals surface area (Å²) < 4.78 is 4.87. The van der Waals surface area contributed by atoms with Crippen LogP contribution in [0.1, 0.15) is 16.6 Å². The predicted octanol–water partition coefficient (Wildman–Crippen LogP) is 2.10. The number of hydrogen-bond acceptors (Lipinski definition) is 6. The minimum Gasteiger partial charge on any atom is -0.462 e. The van der Waals surface area contributed by atoms with Crippen LogP contribution in [0.3, 0.4) is 0 Å². The summed E-state index contributed by atoms with van der Waals surface area (Å²) in [6, 6.07) is 0. The Hall–Kier alpha value is -1.40. The van der Waals surface area contributed by atoms with E-state index in [1.54, 1.807) is 6.92 Å². The lowest BCUT2D eigenvalue weighted by atomic mass is 10.3. The van der Waals surface area contributed by atoms with Crippen LogP contribution < -0.4 is 5.73 Å². The first-order valence-electron chi connectivity index (χ1n) is 4.51. The largest absolute Gasteiger partial charge is 0.462 e. The standard InChI is InChI=1S/C9H8ClN3O2S/c1-2-15-9(14)7-5(11)6-8(16-7)13-4(10)3-12-6/h3H,2,11H2,1H3. The van der Waals surface area contributed by atoms with Gasteiger partial charge in [-0.15, -0.1) is 11.3 Å². The summed E-state index contributed by atoms with van der Waals surface area (Å²) in [5.41, 5.74) is 6.56. The molecule has 7 heteroatoms. The van der Waals surface area contributed by atoms with Gasteiger partial charge in [0.05, 0.1) is 18.5 Å². The Morgan fingerprint density at radius 3 is 3.12 bits per heavy atom. The number of aromatic nitrogens is 2. The summed E-state index contributed by atoms with van der Waals surface area (Å²) in [6.07, 6.45) is 1.39. The molecule has 84 valence electrons. The highest BCUT2D eigenvalue weighted by Gasteiger charge is 2.19. The fourth-order valence-corrected chi connectivity index (χ4v) is 2.34. The Balaban J connectivity index is 2.55. The Morgan fingerprint density at radius 2 is 2.44 bits per heavy atom. The molecule has 2 rings (SSSR count). The molecule has 0 aliphatic heterocycles. The van der Waals surface area contributed by atoms with E-state index >= 15 is 0 Å². The van der Waals surface area contributed by atoms with Gasteiger partial charge in [-0.2, -0.15) is 0 Å². The van der Waals surface area contributed by atoms with E-state index in [-0.39, 0.29) is 5.15 Å². The van der Waals surface area contributed by atoms with Gasteiger partial charge < -0.3 is 10.5 Å². The average molecular weight is 258 g/mol. The van der Waals surface area contributed by atoms with Gasteiger partial charge >= 0.3 is 5.97 Å². The normalized spacial score (nSPS) is 10.6. The van der Waals surface area contributed by atoms with Crippen LogP contribution in [0.5, 0.6) is 0 Å². The molecular weight excluding hydrogens is 250 g/mol. The van der Waals surface area contributed by atoms with Crippen molar-refractivity contribution in [1.29, 1.82) is 0 Å². The van der Waals surface area contributed by atoms with E-state index < -0.39 is 5.97 Å². The van der Waals surface area contributed by atoms with Crippen LogP contribution >= 0.6 is 22.9 Å². The summed E-state index contributed by atoms with van der Waals surface area (Å²) in [4.78, 5) is 20.5. The molecule has 0 bridgehead atoms. The van der Waals surface area contributed by atoms with Crippen molar-refractivity contribution >= 4 is 44.9 Å². The first kappa shape index (κ1) is 11.1. The van der Waals surface area contributed by atoms with Crippen molar-refractivity contribution in [2.75, 3.05) is 12.3 Å². The van der Waals surface area contributed by atoms with E-state index in [0.29, 0.717) is 27.5 Å². The predicted molar refractivity (Wildman–Crippen MR) is 62.8 cm³/mol. The average Bonchev–Trinajstić information content (AvgIpc) is 2.56. The Bertz CT molecular complexity index is 555. The van der Waals surface area contributed by atoms with Crippen molar-refractivity contribution in [1.82, 2.24) is 9.97 Å². The molecule has 2 aromatic heterocycles. The molecule has 5 nitrogen and oxygen atoms in total. The molecule has 0 fully saturated rings. The Kier molecular flexibility index (Phi) is 2.93. The fraction of sp³-hybridized carbons (Fsp3) is 0.222. The minimum atomic E-state index is -0.457. The van der Waals surface area contributed by atoms with Crippen LogP contribution in [-0.4, -0.2) is 22.5 Å². The molecule has 0 saturated heterocycles. The third kappa shape index (κ3) is 1.81. The molecule has 0 saturated carbocycles. The van der Waals surface area contributed by atoms with Crippen molar-refractivity contribution in [2.24, 2.45) is 0 Å². The number of thiophene rings is 1. The molecule has 2 N–H and O–H groups in total. The third-order valence-corrected chi connectivity index (χ3v) is 3.12. The summed E-state index contributed by atoms with van der Waals surface area (Å²) in [6.45, 7) is 2.03. The lowest BCUT2D eigenvalue weighted by Crippen LogP contribution is -2.04. The molecule has 0 amide bonds. The van der Waals surface area contributed by atoms with Gasteiger partial charge in [0.25, 0.3) is 0 Å². The van der Waals surface area contributed by atoms with E-state index in [1.165, 1.54) is 6.20 Å². The van der Waals surface area contributed by atoms with Crippen molar-refractivity contribution in [2.45, 2.75) is 6.92 Å². The second-order valence-electron chi connectivity index (χ2n) is 2.91. The van der Waals surface area contributed by atoms with Crippen LogP contribution in [0.4, 0.5) is 5.69 Å². The van der Waals surface area contributed by atoms with Gasteiger partial charge in [-0.3, -0.25) is 0 Å². The first-order chi connectivity index (χ1) is 7.63. The number of nitrogen functional groups attached to an aromatic ring is 1. The summed E-state index contributed by atoms with van der Waals surface area (Å²) >= 11 is 6.83. The summed E-state index contributed by atoms with van der Waals surface area (Å²) in [5, 5.41) is 0.268. The van der Waals surface area contributed by atoms with Crippen LogP contribution in [0.25, 0.3) is 10.3 Å². The lowest BCUT2D eigenvalue weighted by Gasteiger charge is -1.98. The van der Waals surface area contributed by atoms with Crippen molar-refractivity contribution < 1.29 is 9.53 Å². The highest BCUT2D eigenvalue weighted by molar-refractivity contribution is 7.21. The zero-order chi connectivity index (χ0) is 11.7. The fourth-order valence-electron chi connectivity index (χ4n) is 1.22. The summed E-state index contributed by atoms with van der Waals surface area (Å²) in [5.74, 6) is -0.457. The van der Waals surface area contributed by atoms with Gasteiger partial charge in [-0.25, -0.2) is 14.8 Å². The molecule has 0 atom stereocenters. The number of nitrogens with two attached hydrogens (primary N) is 1. The van der Waals surface area contributed by atoms with E-state index in [9.17, 15) is 4.79 Å². The molecule has 0 unspecified atom stereocenters. The summed E-state index contributed by atoms with van der Waals surface area (Å²) in [7, 11) is 0. The van der Waals surface area contributed by atoms with Gasteiger partial charge in [0, 0.05) is 0 Å². The molecule has 16 heavy (non-hydrogen) atoms. The number of ether oxygens (including phenoxy) is 1. The molecule has 0 radical (unpaired) electrons. The van der Waals surface area contributed by atoms with Crippen LogP contribution in [0, 0.1) is 0 Å².